The van der Waals surface area contributed by atoms with Crippen LogP contribution in [0.5, 0.6) is 0 Å². The Morgan fingerprint density at radius 3 is 1.04 bits per heavy atom. The summed E-state index contributed by atoms with van der Waals surface area (Å²) in [6.45, 7) is 42.1. The van der Waals surface area contributed by atoms with Crippen LogP contribution in [-0.4, -0.2) is 76.0 Å². The van der Waals surface area contributed by atoms with Gasteiger partial charge in [0.25, 0.3) is 0 Å². The van der Waals surface area contributed by atoms with Gasteiger partial charge < -0.3 is 5.73 Å². The van der Waals surface area contributed by atoms with Crippen molar-refractivity contribution >= 4 is 0 Å². The number of hydrazine groups is 1. The third-order valence-electron chi connectivity index (χ3n) is 8.78. The Morgan fingerprint density at radius 2 is 0.733 bits per heavy atom. The lowest BCUT2D eigenvalue weighted by Gasteiger charge is -2.60. The third kappa shape index (κ3) is 19.4. The molecule has 0 fully saturated rings. The molecule has 0 aliphatic heterocycles. The lowest BCUT2D eigenvalue weighted by atomic mass is 9.86. The predicted octanol–water partition coefficient (Wildman–Crippen LogP) is 10.9. The van der Waals surface area contributed by atoms with E-state index in [9.17, 15) is 0 Å². The number of nitrogens with zero attached hydrogens (tertiary/aromatic N) is 4. The van der Waals surface area contributed by atoms with E-state index >= 15 is 0 Å². The summed E-state index contributed by atoms with van der Waals surface area (Å²) in [5.41, 5.74) is 8.03. The summed E-state index contributed by atoms with van der Waals surface area (Å²) in [6.07, 6.45) is 17.8. The lowest BCUT2D eigenvalue weighted by molar-refractivity contribution is -0.165. The molecule has 0 aromatic carbocycles. The number of unbranched alkanes of at least 4 members (excludes halogenated alkanes) is 9. The number of hydrogen-bond acceptors (Lipinski definition) is 5. The van der Waals surface area contributed by atoms with Crippen molar-refractivity contribution in [2.45, 2.75) is 211 Å². The maximum absolute atomic E-state index is 7.83. The molecule has 272 valence electrons. The van der Waals surface area contributed by atoms with Gasteiger partial charge in [-0.15, -0.1) is 0 Å². The van der Waals surface area contributed by atoms with E-state index in [0.29, 0.717) is 0 Å². The minimum Gasteiger partial charge on any atom is -0.301 e. The van der Waals surface area contributed by atoms with Gasteiger partial charge in [-0.05, 0) is 90.9 Å². The van der Waals surface area contributed by atoms with E-state index in [1.807, 2.05) is 0 Å². The molecule has 0 aromatic heterocycles. The molecule has 0 saturated heterocycles. The van der Waals surface area contributed by atoms with Crippen LogP contribution in [0.1, 0.15) is 194 Å². The molecule has 2 N–H and O–H groups in total. The quantitative estimate of drug-likeness (QED) is 0.0647. The van der Waals surface area contributed by atoms with Crippen LogP contribution in [0.3, 0.4) is 0 Å². The highest BCUT2D eigenvalue weighted by Gasteiger charge is 2.49. The van der Waals surface area contributed by atoms with E-state index < -0.39 is 5.79 Å². The van der Waals surface area contributed by atoms with Crippen molar-refractivity contribution in [3.8, 4) is 0 Å². The first-order chi connectivity index (χ1) is 20.6. The van der Waals surface area contributed by atoms with Crippen LogP contribution in [-0.2, 0) is 0 Å². The van der Waals surface area contributed by atoms with E-state index in [2.05, 4.69) is 124 Å². The molecule has 0 saturated carbocycles. The van der Waals surface area contributed by atoms with Crippen molar-refractivity contribution in [3.63, 3.8) is 0 Å². The van der Waals surface area contributed by atoms with Gasteiger partial charge >= 0.3 is 0 Å². The van der Waals surface area contributed by atoms with Gasteiger partial charge in [0.15, 0.2) is 0 Å². The first-order valence-corrected chi connectivity index (χ1v) is 19.5. The van der Waals surface area contributed by atoms with Crippen LogP contribution in [0.2, 0.25) is 0 Å². The third-order valence-corrected chi connectivity index (χ3v) is 8.78. The molecule has 0 amide bonds. The molecule has 5 heteroatoms. The van der Waals surface area contributed by atoms with E-state index in [1.54, 1.807) is 0 Å². The molecule has 1 atom stereocenters. The lowest BCUT2D eigenvalue weighted by Crippen LogP contribution is -2.76. The van der Waals surface area contributed by atoms with Crippen molar-refractivity contribution < 1.29 is 0 Å². The van der Waals surface area contributed by atoms with Crippen LogP contribution in [0.15, 0.2) is 0 Å². The second-order valence-electron chi connectivity index (χ2n) is 18.7. The van der Waals surface area contributed by atoms with Crippen molar-refractivity contribution in [2.24, 2.45) is 16.6 Å². The van der Waals surface area contributed by atoms with Crippen molar-refractivity contribution in [3.05, 3.63) is 0 Å². The summed E-state index contributed by atoms with van der Waals surface area (Å²) in [7, 11) is 0. The first kappa shape index (κ1) is 44.8. The Balaban J connectivity index is 6.04. The molecule has 0 aromatic rings. The Morgan fingerprint density at radius 1 is 0.422 bits per heavy atom. The highest BCUT2D eigenvalue weighted by Crippen LogP contribution is 2.39. The average Bonchev–Trinajstić information content (AvgIpc) is 2.85. The Hall–Kier alpha value is -0.200. The van der Waals surface area contributed by atoms with Gasteiger partial charge in [-0.3, -0.25) is 9.80 Å². The van der Waals surface area contributed by atoms with Gasteiger partial charge in [-0.25, -0.2) is 10.0 Å². The fourth-order valence-corrected chi connectivity index (χ4v) is 7.51. The summed E-state index contributed by atoms with van der Waals surface area (Å²) >= 11 is 0. The van der Waals surface area contributed by atoms with Crippen LogP contribution in [0.4, 0.5) is 0 Å². The largest absolute Gasteiger partial charge is 0.301 e. The Kier molecular flexibility index (Phi) is 20.9. The molecular weight excluding hydrogens is 550 g/mol. The van der Waals surface area contributed by atoms with Gasteiger partial charge in [0.1, 0.15) is 5.79 Å². The fourth-order valence-electron chi connectivity index (χ4n) is 7.51. The van der Waals surface area contributed by atoms with E-state index in [0.717, 1.165) is 25.9 Å². The molecule has 0 bridgehead atoms. The summed E-state index contributed by atoms with van der Waals surface area (Å²) < 4.78 is 0. The van der Waals surface area contributed by atoms with Gasteiger partial charge in [0.05, 0.1) is 0 Å². The average molecular weight is 638 g/mol. The molecule has 0 radical (unpaired) electrons. The molecule has 0 aliphatic rings. The number of rotatable bonds is 24. The number of nitrogens with two attached hydrogens (primary N) is 1. The minimum absolute atomic E-state index is 0.0617. The second-order valence-corrected chi connectivity index (χ2v) is 18.7. The topological polar surface area (TPSA) is 39.0 Å². The molecular formula is C40H87N5. The van der Waals surface area contributed by atoms with Crippen molar-refractivity contribution in [1.29, 1.82) is 0 Å². The van der Waals surface area contributed by atoms with Gasteiger partial charge in [-0.1, -0.05) is 114 Å². The standard InChI is InChI=1S/C40H87N5/c1-16-19-22-27-32-44(43(30-25-20-17-2)31-26-21-18-3)33-28-23-24-29-40(41,45(38(10,11)12)39(13,14)15)42(34-36(4,5)6)35-37(7,8)9/h16-35,41H2,1-15H3. The van der Waals surface area contributed by atoms with Crippen LogP contribution < -0.4 is 5.73 Å². The summed E-state index contributed by atoms with van der Waals surface area (Å²) in [5, 5.41) is 5.51. The summed E-state index contributed by atoms with van der Waals surface area (Å²) in [4.78, 5) is 5.31. The SMILES string of the molecule is CCCCCCN(CCCCCC(N)(N(CC(C)(C)C)CC(C)(C)C)N(C(C)(C)C)C(C)(C)C)N(CCCCC)CCCCC. The molecule has 0 spiro atoms. The molecule has 0 rings (SSSR count). The van der Waals surface area contributed by atoms with Crippen LogP contribution in [0.25, 0.3) is 0 Å². The zero-order chi connectivity index (χ0) is 35.0. The van der Waals surface area contributed by atoms with Gasteiger partial charge in [0, 0.05) is 50.3 Å². The highest BCUT2D eigenvalue weighted by molar-refractivity contribution is 5.00. The first-order valence-electron chi connectivity index (χ1n) is 19.5. The Bertz CT molecular complexity index is 683. The molecule has 0 heterocycles. The normalized spacial score (nSPS) is 15.2. The Labute approximate surface area is 285 Å². The zero-order valence-corrected chi connectivity index (χ0v) is 34.0. The van der Waals surface area contributed by atoms with Crippen LogP contribution >= 0.6 is 0 Å². The van der Waals surface area contributed by atoms with Crippen LogP contribution in [0, 0.1) is 10.8 Å². The molecule has 1 unspecified atom stereocenters. The molecule has 5 nitrogen and oxygen atoms in total. The maximum atomic E-state index is 7.83. The second kappa shape index (κ2) is 21.0. The van der Waals surface area contributed by atoms with Crippen molar-refractivity contribution in [1.82, 2.24) is 19.8 Å². The van der Waals surface area contributed by atoms with Crippen molar-refractivity contribution in [2.75, 3.05) is 39.3 Å². The maximum Gasteiger partial charge on any atom is 0.126 e. The van der Waals surface area contributed by atoms with E-state index in [4.69, 9.17) is 5.73 Å². The number of hydrogen-bond donors (Lipinski definition) is 1. The highest BCUT2D eigenvalue weighted by atomic mass is 15.6. The van der Waals surface area contributed by atoms with E-state index in [1.165, 1.54) is 103 Å². The summed E-state index contributed by atoms with van der Waals surface area (Å²) in [5.74, 6) is -0.525. The monoisotopic (exact) mass is 638 g/mol. The predicted molar refractivity (Wildman–Crippen MR) is 204 cm³/mol. The molecule has 0 aliphatic carbocycles. The minimum atomic E-state index is -0.525. The van der Waals surface area contributed by atoms with Gasteiger partial charge in [-0.2, -0.15) is 0 Å². The van der Waals surface area contributed by atoms with Gasteiger partial charge in [0.2, 0.25) is 0 Å². The molecule has 45 heavy (non-hydrogen) atoms. The summed E-state index contributed by atoms with van der Waals surface area (Å²) in [6, 6.07) is 0. The fraction of sp³-hybridized carbons (Fsp3) is 1.00. The van der Waals surface area contributed by atoms with E-state index in [-0.39, 0.29) is 21.9 Å². The smallest absolute Gasteiger partial charge is 0.126 e. The zero-order valence-electron chi connectivity index (χ0n) is 34.0.